The summed E-state index contributed by atoms with van der Waals surface area (Å²) in [5, 5.41) is 0. The number of para-hydroxylation sites is 1. The van der Waals surface area contributed by atoms with E-state index >= 15 is 0 Å². The van der Waals surface area contributed by atoms with E-state index in [1.807, 2.05) is 18.2 Å². The largest absolute Gasteiger partial charge is 0.490 e. The zero-order valence-electron chi connectivity index (χ0n) is 16.6. The van der Waals surface area contributed by atoms with Gasteiger partial charge in [-0.15, -0.1) is 0 Å². The lowest BCUT2D eigenvalue weighted by Crippen LogP contribution is -2.30. The molecule has 2 aromatic rings. The number of fused-ring (bicyclic) bond motifs is 1. The smallest absolute Gasteiger partial charge is 0.243 e. The minimum atomic E-state index is -3.54. The zero-order chi connectivity index (χ0) is 20.9. The van der Waals surface area contributed by atoms with Crippen molar-refractivity contribution in [3.05, 3.63) is 59.7 Å². The van der Waals surface area contributed by atoms with Gasteiger partial charge >= 0.3 is 0 Å². The van der Waals surface area contributed by atoms with E-state index in [1.54, 1.807) is 19.9 Å². The Kier molecular flexibility index (Phi) is 6.71. The quantitative estimate of drug-likeness (QED) is 0.508. The van der Waals surface area contributed by atoms with Crippen molar-refractivity contribution in [3.63, 3.8) is 0 Å². The van der Waals surface area contributed by atoms with Crippen molar-refractivity contribution in [1.29, 1.82) is 0 Å². The Bertz CT molecular complexity index is 992. The molecule has 0 amide bonds. The molecule has 0 aliphatic carbocycles. The predicted molar refractivity (Wildman–Crippen MR) is 112 cm³/mol. The molecule has 1 aliphatic rings. The Balaban J connectivity index is 1.79. The van der Waals surface area contributed by atoms with E-state index in [-0.39, 0.29) is 10.7 Å². The Hall–Kier alpha value is -2.64. The molecule has 1 heterocycles. The fraction of sp³-hybridized carbons (Fsp3) is 0.318. The summed E-state index contributed by atoms with van der Waals surface area (Å²) in [6.07, 6.45) is 3.95. The molecule has 154 valence electrons. The van der Waals surface area contributed by atoms with Crippen LogP contribution in [0.25, 0.3) is 6.08 Å². The van der Waals surface area contributed by atoms with Crippen molar-refractivity contribution in [2.75, 3.05) is 26.3 Å². The van der Waals surface area contributed by atoms with E-state index in [1.165, 1.54) is 34.6 Å². The fourth-order valence-electron chi connectivity index (χ4n) is 3.11. The summed E-state index contributed by atoms with van der Waals surface area (Å²) in [6, 6.07) is 11.6. The lowest BCUT2D eigenvalue weighted by molar-refractivity contribution is 0.104. The first-order valence-electron chi connectivity index (χ1n) is 9.68. The van der Waals surface area contributed by atoms with Gasteiger partial charge in [-0.05, 0) is 42.5 Å². The molecular formula is C22H25NO5S. The van der Waals surface area contributed by atoms with Crippen molar-refractivity contribution in [2.24, 2.45) is 0 Å². The third-order valence-electron chi connectivity index (χ3n) is 4.70. The van der Waals surface area contributed by atoms with Gasteiger partial charge < -0.3 is 9.47 Å². The van der Waals surface area contributed by atoms with E-state index in [0.717, 1.165) is 12.0 Å². The van der Waals surface area contributed by atoms with Crippen LogP contribution in [0, 0.1) is 0 Å². The van der Waals surface area contributed by atoms with Crippen LogP contribution in [0.15, 0.2) is 53.4 Å². The molecule has 0 fully saturated rings. The molecule has 0 bridgehead atoms. The standard InChI is InChI=1S/C22H25NO5S/c1-3-23(4-2)29(25,26)19-12-9-17(10-13-19)20(24)14-11-18-7-5-8-21-22(18)28-16-6-15-27-21/h5,7-14H,3-4,6,15-16H2,1-2H3/b14-11+. The highest BCUT2D eigenvalue weighted by Crippen LogP contribution is 2.34. The Labute approximate surface area is 171 Å². The molecule has 0 saturated carbocycles. The number of ketones is 1. The van der Waals surface area contributed by atoms with Crippen LogP contribution in [0.5, 0.6) is 11.5 Å². The molecule has 0 radical (unpaired) electrons. The van der Waals surface area contributed by atoms with Crippen molar-refractivity contribution in [1.82, 2.24) is 4.31 Å². The van der Waals surface area contributed by atoms with Crippen molar-refractivity contribution in [2.45, 2.75) is 25.2 Å². The second-order valence-corrected chi connectivity index (χ2v) is 8.47. The van der Waals surface area contributed by atoms with Gasteiger partial charge in [-0.2, -0.15) is 4.31 Å². The molecule has 0 N–H and O–H groups in total. The topological polar surface area (TPSA) is 72.9 Å². The molecule has 3 rings (SSSR count). The number of rotatable bonds is 7. The van der Waals surface area contributed by atoms with Crippen LogP contribution in [-0.4, -0.2) is 44.8 Å². The van der Waals surface area contributed by atoms with Crippen molar-refractivity contribution >= 4 is 21.9 Å². The molecule has 2 aromatic carbocycles. The number of ether oxygens (including phenoxy) is 2. The molecule has 0 saturated heterocycles. The normalized spacial score (nSPS) is 14.2. The van der Waals surface area contributed by atoms with Gasteiger partial charge in [-0.25, -0.2) is 8.42 Å². The molecule has 0 spiro atoms. The number of allylic oxidation sites excluding steroid dienone is 1. The number of hydrogen-bond acceptors (Lipinski definition) is 5. The minimum absolute atomic E-state index is 0.181. The summed E-state index contributed by atoms with van der Waals surface area (Å²) in [5.41, 5.74) is 1.18. The SMILES string of the molecule is CCN(CC)S(=O)(=O)c1ccc(C(=O)/C=C/c2cccc3c2OCCCO3)cc1. The maximum Gasteiger partial charge on any atom is 0.243 e. The number of carbonyl (C=O) groups is 1. The second-order valence-electron chi connectivity index (χ2n) is 6.54. The third kappa shape index (κ3) is 4.68. The third-order valence-corrected chi connectivity index (χ3v) is 6.76. The number of carbonyl (C=O) groups excluding carboxylic acids is 1. The van der Waals surface area contributed by atoms with Crippen LogP contribution in [-0.2, 0) is 10.0 Å². The number of benzene rings is 2. The van der Waals surface area contributed by atoms with Crippen LogP contribution < -0.4 is 9.47 Å². The summed E-state index contributed by atoms with van der Waals surface area (Å²) in [7, 11) is -3.54. The lowest BCUT2D eigenvalue weighted by atomic mass is 10.1. The average molecular weight is 416 g/mol. The number of nitrogens with zero attached hydrogens (tertiary/aromatic N) is 1. The molecule has 1 aliphatic heterocycles. The predicted octanol–water partition coefficient (Wildman–Crippen LogP) is 3.77. The summed E-state index contributed by atoms with van der Waals surface area (Å²) in [5.74, 6) is 1.08. The molecule has 0 atom stereocenters. The van der Waals surface area contributed by atoms with Crippen molar-refractivity contribution < 1.29 is 22.7 Å². The van der Waals surface area contributed by atoms with Gasteiger partial charge in [0, 0.05) is 30.6 Å². The Morgan fingerprint density at radius 1 is 1.03 bits per heavy atom. The molecular weight excluding hydrogens is 390 g/mol. The summed E-state index contributed by atoms with van der Waals surface area (Å²) in [4.78, 5) is 12.7. The van der Waals surface area contributed by atoms with Crippen LogP contribution in [0.3, 0.4) is 0 Å². The van der Waals surface area contributed by atoms with Crippen LogP contribution in [0.1, 0.15) is 36.2 Å². The molecule has 0 aromatic heterocycles. The van der Waals surface area contributed by atoms with Gasteiger partial charge in [-0.1, -0.05) is 26.0 Å². The first-order valence-corrected chi connectivity index (χ1v) is 11.1. The summed E-state index contributed by atoms with van der Waals surface area (Å²) < 4.78 is 37.9. The maximum atomic E-state index is 12.6. The molecule has 0 unspecified atom stereocenters. The van der Waals surface area contributed by atoms with Crippen LogP contribution in [0.4, 0.5) is 0 Å². The van der Waals surface area contributed by atoms with E-state index in [4.69, 9.17) is 9.47 Å². The van der Waals surface area contributed by atoms with E-state index in [0.29, 0.717) is 43.4 Å². The van der Waals surface area contributed by atoms with E-state index < -0.39 is 10.0 Å². The van der Waals surface area contributed by atoms with Crippen LogP contribution >= 0.6 is 0 Å². The van der Waals surface area contributed by atoms with Gasteiger partial charge in [0.15, 0.2) is 17.3 Å². The van der Waals surface area contributed by atoms with E-state index in [9.17, 15) is 13.2 Å². The van der Waals surface area contributed by atoms with Crippen molar-refractivity contribution in [3.8, 4) is 11.5 Å². The number of hydrogen-bond donors (Lipinski definition) is 0. The minimum Gasteiger partial charge on any atom is -0.490 e. The fourth-order valence-corrected chi connectivity index (χ4v) is 4.57. The first-order chi connectivity index (χ1) is 14.0. The zero-order valence-corrected chi connectivity index (χ0v) is 17.4. The maximum absolute atomic E-state index is 12.6. The molecule has 6 nitrogen and oxygen atoms in total. The second kappa shape index (κ2) is 9.24. The van der Waals surface area contributed by atoms with Gasteiger partial charge in [0.05, 0.1) is 18.1 Å². The van der Waals surface area contributed by atoms with Gasteiger partial charge in [-0.3, -0.25) is 4.79 Å². The van der Waals surface area contributed by atoms with Crippen LogP contribution in [0.2, 0.25) is 0 Å². The summed E-state index contributed by atoms with van der Waals surface area (Å²) >= 11 is 0. The Morgan fingerprint density at radius 3 is 2.41 bits per heavy atom. The molecule has 29 heavy (non-hydrogen) atoms. The Morgan fingerprint density at radius 2 is 1.72 bits per heavy atom. The number of sulfonamides is 1. The molecule has 7 heteroatoms. The lowest BCUT2D eigenvalue weighted by Gasteiger charge is -2.18. The average Bonchev–Trinajstić information content (AvgIpc) is 2.98. The monoisotopic (exact) mass is 415 g/mol. The highest BCUT2D eigenvalue weighted by molar-refractivity contribution is 7.89. The first kappa shape index (κ1) is 21.1. The highest BCUT2D eigenvalue weighted by Gasteiger charge is 2.21. The summed E-state index contributed by atoms with van der Waals surface area (Å²) in [6.45, 7) is 5.55. The highest BCUT2D eigenvalue weighted by atomic mass is 32.2. The van der Waals surface area contributed by atoms with Gasteiger partial charge in [0.1, 0.15) is 0 Å². The van der Waals surface area contributed by atoms with E-state index in [2.05, 4.69) is 0 Å². The van der Waals surface area contributed by atoms with Gasteiger partial charge in [0.2, 0.25) is 10.0 Å². The van der Waals surface area contributed by atoms with Gasteiger partial charge in [0.25, 0.3) is 0 Å².